The Hall–Kier alpha value is -3.26. The van der Waals surface area contributed by atoms with E-state index in [1.54, 1.807) is 31.4 Å². The molecule has 2 amide bonds. The monoisotopic (exact) mass is 371 g/mol. The fourth-order valence-electron chi connectivity index (χ4n) is 2.22. The van der Waals surface area contributed by atoms with Gasteiger partial charge in [-0.2, -0.15) is 0 Å². The Balaban J connectivity index is 2.00. The molecule has 2 rings (SSSR count). The summed E-state index contributed by atoms with van der Waals surface area (Å²) in [6.45, 7) is 1.00. The van der Waals surface area contributed by atoms with Crippen molar-refractivity contribution in [3.8, 4) is 0 Å². The summed E-state index contributed by atoms with van der Waals surface area (Å²) in [5, 5.41) is 5.42. The van der Waals surface area contributed by atoms with Gasteiger partial charge in [0.2, 0.25) is 0 Å². The topological polar surface area (TPSA) is 107 Å². The molecule has 2 N–H and O–H groups in total. The predicted molar refractivity (Wildman–Crippen MR) is 98.8 cm³/mol. The molecule has 2 aromatic rings. The number of methoxy groups -OCH3 is 2. The zero-order chi connectivity index (χ0) is 19.6. The van der Waals surface area contributed by atoms with E-state index in [2.05, 4.69) is 20.4 Å². The number of aromatic nitrogens is 1. The predicted octanol–water partition coefficient (Wildman–Crippen LogP) is 1.89. The van der Waals surface area contributed by atoms with Gasteiger partial charge in [0, 0.05) is 37.7 Å². The molecule has 0 saturated heterocycles. The third-order valence-corrected chi connectivity index (χ3v) is 3.63. The number of ether oxygens (including phenoxy) is 2. The molecule has 27 heavy (non-hydrogen) atoms. The summed E-state index contributed by atoms with van der Waals surface area (Å²) < 4.78 is 9.54. The number of pyridine rings is 1. The summed E-state index contributed by atoms with van der Waals surface area (Å²) >= 11 is 0. The third kappa shape index (κ3) is 5.89. The van der Waals surface area contributed by atoms with Crippen molar-refractivity contribution in [2.75, 3.05) is 32.7 Å². The van der Waals surface area contributed by atoms with Gasteiger partial charge in [0.05, 0.1) is 12.7 Å². The van der Waals surface area contributed by atoms with Crippen molar-refractivity contribution in [2.45, 2.75) is 6.42 Å². The first kappa shape index (κ1) is 20.1. The minimum Gasteiger partial charge on any atom is -0.465 e. The van der Waals surface area contributed by atoms with E-state index < -0.39 is 11.9 Å². The molecule has 0 radical (unpaired) electrons. The summed E-state index contributed by atoms with van der Waals surface area (Å²) in [5.74, 6) is -1.21. The van der Waals surface area contributed by atoms with Crippen LogP contribution in [-0.4, -0.2) is 50.1 Å². The molecule has 8 heteroatoms. The van der Waals surface area contributed by atoms with Crippen molar-refractivity contribution in [1.82, 2.24) is 10.3 Å². The zero-order valence-corrected chi connectivity index (χ0v) is 15.2. The SMILES string of the molecule is COCCCNC(=O)c1cc(C(=O)Nc2ccc(C(=O)OC)cc2)ccn1. The summed E-state index contributed by atoms with van der Waals surface area (Å²) in [5.41, 5.74) is 1.34. The lowest BCUT2D eigenvalue weighted by Gasteiger charge is -2.08. The first-order chi connectivity index (χ1) is 13.0. The van der Waals surface area contributed by atoms with Crippen LogP contribution in [0.3, 0.4) is 0 Å². The normalized spacial score (nSPS) is 10.1. The van der Waals surface area contributed by atoms with Crippen molar-refractivity contribution >= 4 is 23.5 Å². The lowest BCUT2D eigenvalue weighted by atomic mass is 10.2. The number of nitrogens with one attached hydrogen (secondary N) is 2. The summed E-state index contributed by atoms with van der Waals surface area (Å²) in [6, 6.07) is 9.22. The van der Waals surface area contributed by atoms with Crippen LogP contribution in [0, 0.1) is 0 Å². The van der Waals surface area contributed by atoms with E-state index in [0.717, 1.165) is 0 Å². The second kappa shape index (κ2) is 10.0. The fourth-order valence-corrected chi connectivity index (χ4v) is 2.22. The van der Waals surface area contributed by atoms with E-state index in [4.69, 9.17) is 4.74 Å². The molecule has 8 nitrogen and oxygen atoms in total. The molecule has 0 aliphatic carbocycles. The van der Waals surface area contributed by atoms with E-state index in [9.17, 15) is 14.4 Å². The molecule has 0 bridgehead atoms. The number of carbonyl (C=O) groups is 3. The number of carbonyl (C=O) groups excluding carboxylic acids is 3. The first-order valence-corrected chi connectivity index (χ1v) is 8.28. The van der Waals surface area contributed by atoms with Gasteiger partial charge in [0.15, 0.2) is 0 Å². The largest absolute Gasteiger partial charge is 0.465 e. The van der Waals surface area contributed by atoms with Gasteiger partial charge in [-0.05, 0) is 42.8 Å². The van der Waals surface area contributed by atoms with Crippen LogP contribution >= 0.6 is 0 Å². The summed E-state index contributed by atoms with van der Waals surface area (Å²) in [6.07, 6.45) is 2.09. The van der Waals surface area contributed by atoms with E-state index in [1.807, 2.05) is 0 Å². The molecule has 0 fully saturated rings. The summed E-state index contributed by atoms with van der Waals surface area (Å²) in [7, 11) is 2.89. The lowest BCUT2D eigenvalue weighted by Crippen LogP contribution is -2.26. The average molecular weight is 371 g/mol. The van der Waals surface area contributed by atoms with Crippen LogP contribution in [-0.2, 0) is 9.47 Å². The van der Waals surface area contributed by atoms with E-state index in [0.29, 0.717) is 36.4 Å². The number of hydrogen-bond donors (Lipinski definition) is 2. The van der Waals surface area contributed by atoms with Crippen LogP contribution in [0.4, 0.5) is 5.69 Å². The average Bonchev–Trinajstić information content (AvgIpc) is 2.71. The second-order valence-electron chi connectivity index (χ2n) is 5.56. The number of amides is 2. The Labute approximate surface area is 156 Å². The van der Waals surface area contributed by atoms with E-state index in [-0.39, 0.29) is 11.6 Å². The van der Waals surface area contributed by atoms with Crippen LogP contribution in [0.15, 0.2) is 42.6 Å². The highest BCUT2D eigenvalue weighted by molar-refractivity contribution is 6.05. The van der Waals surface area contributed by atoms with Crippen molar-refractivity contribution < 1.29 is 23.9 Å². The molecule has 1 heterocycles. The molecule has 0 spiro atoms. The Morgan fingerprint density at radius 3 is 2.41 bits per heavy atom. The Bertz CT molecular complexity index is 805. The van der Waals surface area contributed by atoms with Crippen LogP contribution < -0.4 is 10.6 Å². The third-order valence-electron chi connectivity index (χ3n) is 3.63. The van der Waals surface area contributed by atoms with Gasteiger partial charge >= 0.3 is 5.97 Å². The maximum atomic E-state index is 12.4. The van der Waals surface area contributed by atoms with Crippen LogP contribution in [0.2, 0.25) is 0 Å². The Kier molecular flexibility index (Phi) is 7.45. The zero-order valence-electron chi connectivity index (χ0n) is 15.2. The van der Waals surface area contributed by atoms with Crippen LogP contribution in [0.25, 0.3) is 0 Å². The molecule has 1 aromatic heterocycles. The van der Waals surface area contributed by atoms with E-state index >= 15 is 0 Å². The number of benzene rings is 1. The first-order valence-electron chi connectivity index (χ1n) is 8.28. The highest BCUT2D eigenvalue weighted by Crippen LogP contribution is 2.12. The number of hydrogen-bond acceptors (Lipinski definition) is 6. The van der Waals surface area contributed by atoms with Crippen molar-refractivity contribution in [1.29, 1.82) is 0 Å². The number of esters is 1. The highest BCUT2D eigenvalue weighted by Gasteiger charge is 2.12. The van der Waals surface area contributed by atoms with Crippen LogP contribution in [0.5, 0.6) is 0 Å². The van der Waals surface area contributed by atoms with Gasteiger partial charge in [0.1, 0.15) is 5.69 Å². The molecule has 0 aliphatic rings. The van der Waals surface area contributed by atoms with Crippen LogP contribution in [0.1, 0.15) is 37.6 Å². The molecule has 142 valence electrons. The molecular formula is C19H21N3O5. The van der Waals surface area contributed by atoms with Crippen molar-refractivity contribution in [3.63, 3.8) is 0 Å². The summed E-state index contributed by atoms with van der Waals surface area (Å²) in [4.78, 5) is 39.9. The molecule has 0 atom stereocenters. The van der Waals surface area contributed by atoms with Gasteiger partial charge in [-0.3, -0.25) is 14.6 Å². The minimum atomic E-state index is -0.455. The maximum absolute atomic E-state index is 12.4. The molecule has 0 saturated carbocycles. The molecular weight excluding hydrogens is 350 g/mol. The lowest BCUT2D eigenvalue weighted by molar-refractivity contribution is 0.0600. The molecule has 0 aliphatic heterocycles. The van der Waals surface area contributed by atoms with Gasteiger partial charge < -0.3 is 20.1 Å². The quantitative estimate of drug-likeness (QED) is 0.542. The number of rotatable bonds is 8. The number of nitrogens with zero attached hydrogens (tertiary/aromatic N) is 1. The molecule has 0 unspecified atom stereocenters. The second-order valence-corrected chi connectivity index (χ2v) is 5.56. The minimum absolute atomic E-state index is 0.154. The van der Waals surface area contributed by atoms with Crippen molar-refractivity contribution in [3.05, 3.63) is 59.4 Å². The Morgan fingerprint density at radius 2 is 1.74 bits per heavy atom. The van der Waals surface area contributed by atoms with Crippen molar-refractivity contribution in [2.24, 2.45) is 0 Å². The standard InChI is InChI=1S/C19H21N3O5/c1-26-11-3-9-21-18(24)16-12-14(8-10-20-16)17(23)22-15-6-4-13(5-7-15)19(25)27-2/h4-8,10,12H,3,9,11H2,1-2H3,(H,21,24)(H,22,23). The van der Waals surface area contributed by atoms with E-state index in [1.165, 1.54) is 25.4 Å². The maximum Gasteiger partial charge on any atom is 0.337 e. The molecule has 1 aromatic carbocycles. The van der Waals surface area contributed by atoms with Gasteiger partial charge in [0.25, 0.3) is 11.8 Å². The highest BCUT2D eigenvalue weighted by atomic mass is 16.5. The van der Waals surface area contributed by atoms with Gasteiger partial charge in [-0.15, -0.1) is 0 Å². The fraction of sp³-hybridized carbons (Fsp3) is 0.263. The van der Waals surface area contributed by atoms with Gasteiger partial charge in [-0.25, -0.2) is 4.79 Å². The number of anilines is 1. The van der Waals surface area contributed by atoms with Gasteiger partial charge in [-0.1, -0.05) is 0 Å². The Morgan fingerprint density at radius 1 is 1.00 bits per heavy atom. The smallest absolute Gasteiger partial charge is 0.337 e.